The first-order chi connectivity index (χ1) is 53.1. The maximum atomic E-state index is 12.9. The second-order valence-corrected chi connectivity index (χ2v) is 28.9. The number of carbonyl (C=O) groups excluding carboxylic acids is 8. The third-order valence-corrected chi connectivity index (χ3v) is 20.8. The zero-order valence-corrected chi connectivity index (χ0v) is 63.4. The van der Waals surface area contributed by atoms with Gasteiger partial charge in [0.2, 0.25) is 23.6 Å². The molecule has 0 bridgehead atoms. The standard InChI is InChI=1S/C23H19ClN2O2.C22H18ClN3O2.2C22H19ClN2O2/c1-26-21-12-11-18(24)14-19(21)22(27)25-20(23(26)28)13-15-7-9-17(10-8-15)16-5-3-2-4-6-16;1-26-20-9-8-17(23)12-18(20)21(27)25-19(22(26)28)11-14-4-6-15(7-5-14)16-3-2-10-24-13-16;2*1-25-20-11-10-17(23)13-18(20)21(26)24-19(22(25)27)12-14-6-8-16(9-7-14)15-4-2-3-5-15/h2-12,14,20H,13H2,1H3,(H,25,27);2-10,12-13,19H,11H2,1H3,(H,25,27);2*2,4-11,13,19H,3,12H2,1H3,(H,24,26). The van der Waals surface area contributed by atoms with E-state index in [-0.39, 0.29) is 47.3 Å². The molecule has 4 N–H and O–H groups in total. The van der Waals surface area contributed by atoms with Crippen LogP contribution < -0.4 is 40.9 Å². The fraction of sp³-hybridized carbons (Fsp3) is 0.157. The number of allylic oxidation sites excluding steroid dienone is 8. The smallest absolute Gasteiger partial charge is 0.254 e. The molecule has 6 aliphatic rings. The maximum absolute atomic E-state index is 12.9. The Labute approximate surface area is 657 Å². The number of nitrogens with one attached hydrogen (secondary N) is 4. The number of nitrogens with zero attached hydrogens (tertiary/aromatic N) is 5. The summed E-state index contributed by atoms with van der Waals surface area (Å²) in [7, 11) is 6.73. The number of amides is 8. The van der Waals surface area contributed by atoms with E-state index in [0.29, 0.717) is 90.8 Å². The Bertz CT molecular complexity index is 5010. The third-order valence-electron chi connectivity index (χ3n) is 19.9. The van der Waals surface area contributed by atoms with Crippen molar-refractivity contribution in [1.82, 2.24) is 26.3 Å². The molecule has 0 saturated heterocycles. The number of rotatable bonds is 12. The van der Waals surface area contributed by atoms with Gasteiger partial charge in [0, 0.05) is 86.4 Å². The number of anilines is 4. The van der Waals surface area contributed by atoms with Gasteiger partial charge in [-0.05, 0) is 158 Å². The van der Waals surface area contributed by atoms with E-state index in [1.807, 2.05) is 103 Å². The van der Waals surface area contributed by atoms with Crippen molar-refractivity contribution in [3.05, 3.63) is 337 Å². The highest BCUT2D eigenvalue weighted by molar-refractivity contribution is 6.33. The maximum Gasteiger partial charge on any atom is 0.254 e. The molecule has 5 heterocycles. The minimum Gasteiger partial charge on any atom is -0.340 e. The largest absolute Gasteiger partial charge is 0.340 e. The molecule has 1 aromatic heterocycles. The average molecular weight is 1540 g/mol. The second kappa shape index (κ2) is 34.1. The van der Waals surface area contributed by atoms with Crippen molar-refractivity contribution in [3.8, 4) is 22.3 Å². The van der Waals surface area contributed by atoms with E-state index in [0.717, 1.165) is 68.5 Å². The van der Waals surface area contributed by atoms with Gasteiger partial charge in [-0.15, -0.1) is 0 Å². The summed E-state index contributed by atoms with van der Waals surface area (Å²) in [5, 5.41) is 13.2. The fourth-order valence-electron chi connectivity index (χ4n) is 13.9. The van der Waals surface area contributed by atoms with Gasteiger partial charge < -0.3 is 40.9 Å². The van der Waals surface area contributed by atoms with Gasteiger partial charge in [0.1, 0.15) is 24.2 Å². The predicted octanol–water partition coefficient (Wildman–Crippen LogP) is 16.0. The van der Waals surface area contributed by atoms with Gasteiger partial charge in [-0.1, -0.05) is 216 Å². The normalized spacial score (nSPS) is 17.6. The van der Waals surface area contributed by atoms with Crippen LogP contribution in [0.15, 0.2) is 261 Å². The van der Waals surface area contributed by atoms with Crippen LogP contribution in [0.5, 0.6) is 0 Å². The van der Waals surface area contributed by atoms with Crippen molar-refractivity contribution >= 4 is 128 Å². The van der Waals surface area contributed by atoms with E-state index in [9.17, 15) is 38.4 Å². The van der Waals surface area contributed by atoms with Crippen molar-refractivity contribution in [3.63, 3.8) is 0 Å². The molecular weight excluding hydrogens is 1460 g/mol. The number of fused-ring (bicyclic) bond motifs is 4. The molecule has 4 unspecified atom stereocenters. The Morgan fingerprint density at radius 2 is 0.600 bits per heavy atom. The number of halogens is 4. The van der Waals surface area contributed by atoms with Crippen LogP contribution in [0.3, 0.4) is 0 Å². The summed E-state index contributed by atoms with van der Waals surface area (Å²) in [5.41, 5.74) is 16.9. The molecule has 17 nitrogen and oxygen atoms in total. The lowest BCUT2D eigenvalue weighted by molar-refractivity contribution is -0.120. The Hall–Kier alpha value is -12.0. The van der Waals surface area contributed by atoms with E-state index in [1.54, 1.807) is 113 Å². The summed E-state index contributed by atoms with van der Waals surface area (Å²) < 4.78 is 0. The molecule has 16 rings (SSSR count). The molecule has 552 valence electrons. The van der Waals surface area contributed by atoms with E-state index in [4.69, 9.17) is 46.4 Å². The molecule has 0 radical (unpaired) electrons. The van der Waals surface area contributed by atoms with Crippen molar-refractivity contribution in [2.75, 3.05) is 47.8 Å². The van der Waals surface area contributed by atoms with Crippen molar-refractivity contribution in [1.29, 1.82) is 0 Å². The number of pyridine rings is 1. The fourth-order valence-corrected chi connectivity index (χ4v) is 14.6. The quantitative estimate of drug-likeness (QED) is 0.0915. The van der Waals surface area contributed by atoms with E-state index in [2.05, 4.69) is 99.1 Å². The Morgan fingerprint density at radius 3 is 0.873 bits per heavy atom. The van der Waals surface area contributed by atoms with Gasteiger partial charge >= 0.3 is 0 Å². The Morgan fingerprint density at radius 1 is 0.327 bits per heavy atom. The first kappa shape index (κ1) is 76.2. The molecule has 2 aliphatic carbocycles. The van der Waals surface area contributed by atoms with Gasteiger partial charge in [0.05, 0.1) is 45.0 Å². The number of benzene rings is 9. The second-order valence-electron chi connectivity index (χ2n) is 27.1. The van der Waals surface area contributed by atoms with Crippen LogP contribution in [0.1, 0.15) is 87.7 Å². The highest BCUT2D eigenvalue weighted by Crippen LogP contribution is 2.34. The number of carbonyl (C=O) groups is 8. The molecule has 4 aliphatic heterocycles. The summed E-state index contributed by atoms with van der Waals surface area (Å²) in [6.45, 7) is 0. The third kappa shape index (κ3) is 17.6. The summed E-state index contributed by atoms with van der Waals surface area (Å²) in [5.74, 6) is -1.76. The number of hydrogen-bond acceptors (Lipinski definition) is 9. The predicted molar refractivity (Wildman–Crippen MR) is 437 cm³/mol. The Balaban J connectivity index is 0.000000129. The minimum atomic E-state index is -0.645. The highest BCUT2D eigenvalue weighted by atomic mass is 35.5. The van der Waals surface area contributed by atoms with Crippen LogP contribution in [-0.2, 0) is 44.9 Å². The zero-order valence-electron chi connectivity index (χ0n) is 60.4. The van der Waals surface area contributed by atoms with Gasteiger partial charge in [-0.2, -0.15) is 0 Å². The van der Waals surface area contributed by atoms with Crippen LogP contribution >= 0.6 is 46.4 Å². The van der Waals surface area contributed by atoms with Gasteiger partial charge in [0.15, 0.2) is 0 Å². The molecule has 21 heteroatoms. The summed E-state index contributed by atoms with van der Waals surface area (Å²) in [4.78, 5) is 112. The van der Waals surface area contributed by atoms with Crippen LogP contribution in [0.25, 0.3) is 33.4 Å². The summed E-state index contributed by atoms with van der Waals surface area (Å²) in [6, 6.07) is 63.6. The van der Waals surface area contributed by atoms with E-state index < -0.39 is 24.2 Å². The highest BCUT2D eigenvalue weighted by Gasteiger charge is 2.36. The lowest BCUT2D eigenvalue weighted by Crippen LogP contribution is -2.45. The number of hydrogen-bond donors (Lipinski definition) is 4. The monoisotopic (exact) mass is 1540 g/mol. The molecule has 4 atom stereocenters. The lowest BCUT2D eigenvalue weighted by Gasteiger charge is -2.21. The van der Waals surface area contributed by atoms with Crippen LogP contribution in [0.2, 0.25) is 20.1 Å². The van der Waals surface area contributed by atoms with Crippen molar-refractivity contribution in [2.24, 2.45) is 0 Å². The summed E-state index contributed by atoms with van der Waals surface area (Å²) >= 11 is 24.1. The molecule has 0 fully saturated rings. The molecule has 0 spiro atoms. The van der Waals surface area contributed by atoms with Crippen molar-refractivity contribution in [2.45, 2.75) is 62.7 Å². The molecular formula is C89H75Cl4N9O8. The molecule has 110 heavy (non-hydrogen) atoms. The van der Waals surface area contributed by atoms with Crippen molar-refractivity contribution < 1.29 is 38.4 Å². The van der Waals surface area contributed by atoms with E-state index in [1.165, 1.54) is 30.7 Å². The minimum absolute atomic E-state index is 0.144. The zero-order chi connectivity index (χ0) is 77.3. The lowest BCUT2D eigenvalue weighted by atomic mass is 10.00. The Kier molecular flexibility index (Phi) is 23.6. The molecule has 9 aromatic carbocycles. The van der Waals surface area contributed by atoms with Gasteiger partial charge in [-0.3, -0.25) is 43.3 Å². The van der Waals surface area contributed by atoms with E-state index >= 15 is 0 Å². The first-order valence-electron chi connectivity index (χ1n) is 35.7. The molecule has 10 aromatic rings. The molecule has 8 amide bonds. The molecule has 0 saturated carbocycles. The number of aromatic nitrogens is 1. The topological polar surface area (TPSA) is 211 Å². The van der Waals surface area contributed by atoms with Crippen LogP contribution in [0.4, 0.5) is 22.7 Å². The first-order valence-corrected chi connectivity index (χ1v) is 37.2. The van der Waals surface area contributed by atoms with Gasteiger partial charge in [0.25, 0.3) is 23.6 Å². The SMILES string of the molecule is CN1C(=O)C(Cc2ccc(-c3ccccc3)cc2)NC(=O)c2cc(Cl)ccc21.CN1C(=O)C(Cc2ccc(-c3cccnc3)cc2)NC(=O)c2cc(Cl)ccc21.CN1C(=O)C(Cc2ccc(C3=CCC=C3)cc2)NC(=O)c2cc(Cl)ccc21.CN1C(=O)C(Cc2ccc(C3=CCC=C3)cc2)NC(=O)c2cc(Cl)ccc21. The summed E-state index contributed by atoms with van der Waals surface area (Å²) in [6.07, 6.45) is 20.0. The number of likely N-dealkylation sites (N-methyl/N-ethyl adjacent to an activating group) is 4. The average Bonchev–Trinajstić information content (AvgIpc) is 1.66. The van der Waals surface area contributed by atoms with Crippen LogP contribution in [-0.4, -0.2) is 105 Å². The van der Waals surface area contributed by atoms with Gasteiger partial charge in [-0.25, -0.2) is 0 Å². The van der Waals surface area contributed by atoms with Crippen LogP contribution in [0, 0.1) is 0 Å².